The largest absolute Gasteiger partial charge is 0.378 e. The molecule has 0 aliphatic carbocycles. The summed E-state index contributed by atoms with van der Waals surface area (Å²) < 4.78 is 34.5. The Morgan fingerprint density at radius 1 is 1.04 bits per heavy atom. The van der Waals surface area contributed by atoms with Crippen LogP contribution in [0.3, 0.4) is 0 Å². The van der Waals surface area contributed by atoms with Crippen molar-refractivity contribution in [2.75, 3.05) is 32.8 Å². The van der Waals surface area contributed by atoms with Gasteiger partial charge in [-0.3, -0.25) is 14.4 Å². The van der Waals surface area contributed by atoms with Gasteiger partial charge in [0.2, 0.25) is 27.7 Å². The summed E-state index contributed by atoms with van der Waals surface area (Å²) in [6.45, 7) is 6.41. The molecule has 4 rings (SSSR count). The molecular formula is C33H46ClN5O6S. The summed E-state index contributed by atoms with van der Waals surface area (Å²) in [6, 6.07) is 12.9. The normalized spacial score (nSPS) is 19.0. The molecule has 2 heterocycles. The number of nitrogens with zero attached hydrogens (tertiary/aromatic N) is 2. The summed E-state index contributed by atoms with van der Waals surface area (Å²) in [6.07, 6.45) is 1.66. The summed E-state index contributed by atoms with van der Waals surface area (Å²) in [7, 11) is -3.75. The molecule has 0 aromatic heterocycles. The first kappa shape index (κ1) is 35.8. The van der Waals surface area contributed by atoms with E-state index in [1.54, 1.807) is 60.0 Å². The molecule has 0 spiro atoms. The van der Waals surface area contributed by atoms with Crippen molar-refractivity contribution in [3.8, 4) is 0 Å². The molecular weight excluding hydrogens is 630 g/mol. The van der Waals surface area contributed by atoms with Crippen LogP contribution in [0.2, 0.25) is 5.02 Å². The fourth-order valence-electron chi connectivity index (χ4n) is 6.41. The highest BCUT2D eigenvalue weighted by atomic mass is 35.5. The molecule has 4 N–H and O–H groups in total. The first-order valence-corrected chi connectivity index (χ1v) is 18.0. The number of halogens is 1. The van der Waals surface area contributed by atoms with Gasteiger partial charge in [0.15, 0.2) is 0 Å². The van der Waals surface area contributed by atoms with Crippen LogP contribution in [0.5, 0.6) is 0 Å². The lowest BCUT2D eigenvalue weighted by Crippen LogP contribution is -2.50. The topological polar surface area (TPSA) is 151 Å². The number of nitrogens with one attached hydrogen (secondary N) is 2. The lowest BCUT2D eigenvalue weighted by Gasteiger charge is -2.34. The van der Waals surface area contributed by atoms with E-state index in [1.807, 2.05) is 12.1 Å². The Morgan fingerprint density at radius 3 is 2.46 bits per heavy atom. The number of hydrogen-bond acceptors (Lipinski definition) is 7. The smallest absolute Gasteiger partial charge is 0.243 e. The van der Waals surface area contributed by atoms with Gasteiger partial charge < -0.3 is 25.6 Å². The Bertz CT molecular complexity index is 1450. The summed E-state index contributed by atoms with van der Waals surface area (Å²) in [4.78, 5) is 43.8. The van der Waals surface area contributed by atoms with Crippen molar-refractivity contribution in [1.29, 1.82) is 0 Å². The lowest BCUT2D eigenvalue weighted by atomic mass is 9.83. The predicted octanol–water partition coefficient (Wildman–Crippen LogP) is 2.81. The molecule has 2 aromatic rings. The third-order valence-corrected chi connectivity index (χ3v) is 10.7. The van der Waals surface area contributed by atoms with Crippen LogP contribution in [0, 0.1) is 11.8 Å². The Labute approximate surface area is 277 Å². The van der Waals surface area contributed by atoms with E-state index in [2.05, 4.69) is 10.0 Å². The highest BCUT2D eigenvalue weighted by Gasteiger charge is 2.40. The maximum atomic E-state index is 14.1. The number of benzene rings is 2. The molecule has 0 radical (unpaired) electrons. The van der Waals surface area contributed by atoms with E-state index < -0.39 is 33.9 Å². The van der Waals surface area contributed by atoms with Crippen molar-refractivity contribution in [3.63, 3.8) is 0 Å². The molecule has 2 fully saturated rings. The Balaban J connectivity index is 1.47. The van der Waals surface area contributed by atoms with Crippen LogP contribution in [0.15, 0.2) is 48.5 Å². The minimum Gasteiger partial charge on any atom is -0.378 e. The first-order valence-electron chi connectivity index (χ1n) is 15.9. The van der Waals surface area contributed by atoms with E-state index in [4.69, 9.17) is 22.1 Å². The molecule has 13 heteroatoms. The molecule has 2 aromatic carbocycles. The number of hydrogen-bond donors (Lipinski definition) is 3. The molecule has 2 aliphatic heterocycles. The maximum Gasteiger partial charge on any atom is 0.243 e. The SMILES string of the molecule is CC(NS(=O)(=O)Cc1ccccc1)C(CCC(=O)N1CCOCC1)C(C)C(=O)N1CCCC1C(=O)NCc1cc(Cl)ccc1CN. The van der Waals surface area contributed by atoms with Gasteiger partial charge in [0.25, 0.3) is 0 Å². The van der Waals surface area contributed by atoms with Crippen LogP contribution in [-0.4, -0.2) is 80.9 Å². The Morgan fingerprint density at radius 2 is 1.76 bits per heavy atom. The van der Waals surface area contributed by atoms with E-state index in [1.165, 1.54) is 0 Å². The van der Waals surface area contributed by atoms with Crippen molar-refractivity contribution in [2.24, 2.45) is 17.6 Å². The summed E-state index contributed by atoms with van der Waals surface area (Å²) in [5.41, 5.74) is 8.19. The molecule has 3 amide bonds. The molecule has 11 nitrogen and oxygen atoms in total. The number of likely N-dealkylation sites (tertiary alicyclic amines) is 1. The highest BCUT2D eigenvalue weighted by molar-refractivity contribution is 7.88. The van der Waals surface area contributed by atoms with Crippen molar-refractivity contribution in [3.05, 3.63) is 70.2 Å². The number of rotatable bonds is 14. The molecule has 0 bridgehead atoms. The van der Waals surface area contributed by atoms with E-state index in [0.29, 0.717) is 69.2 Å². The highest BCUT2D eigenvalue weighted by Crippen LogP contribution is 2.29. The van der Waals surface area contributed by atoms with E-state index in [9.17, 15) is 22.8 Å². The number of nitrogens with two attached hydrogens (primary N) is 1. The number of carbonyl (C=O) groups excluding carboxylic acids is 3. The fourth-order valence-corrected chi connectivity index (χ4v) is 8.06. The van der Waals surface area contributed by atoms with Crippen molar-refractivity contribution < 1.29 is 27.5 Å². The standard InChI is InChI=1S/C33H46ClN5O6S/c1-23(33(42)39-14-6-9-30(39)32(41)36-21-27-19-28(34)11-10-26(27)20-35)29(12-13-31(40)38-15-17-45-18-16-38)24(2)37-46(43,44)22-25-7-4-3-5-8-25/h3-5,7-8,10-11,19,23-24,29-30,37H,6,9,12-18,20-22,35H2,1-2H3,(H,36,41). The van der Waals surface area contributed by atoms with Crippen LogP contribution in [0.4, 0.5) is 0 Å². The van der Waals surface area contributed by atoms with Gasteiger partial charge in [0.05, 0.1) is 19.0 Å². The zero-order valence-electron chi connectivity index (χ0n) is 26.6. The van der Waals surface area contributed by atoms with E-state index in [-0.39, 0.29) is 36.4 Å². The van der Waals surface area contributed by atoms with E-state index in [0.717, 1.165) is 11.1 Å². The average molecular weight is 676 g/mol. The molecule has 0 saturated carbocycles. The van der Waals surface area contributed by atoms with Gasteiger partial charge in [0.1, 0.15) is 6.04 Å². The molecule has 46 heavy (non-hydrogen) atoms. The van der Waals surface area contributed by atoms with Crippen molar-refractivity contribution >= 4 is 39.3 Å². The minimum atomic E-state index is -3.75. The zero-order valence-corrected chi connectivity index (χ0v) is 28.2. The quantitative estimate of drug-likeness (QED) is 0.279. The zero-order chi connectivity index (χ0) is 33.3. The lowest BCUT2D eigenvalue weighted by molar-refractivity contribution is -0.143. The van der Waals surface area contributed by atoms with E-state index >= 15 is 0 Å². The van der Waals surface area contributed by atoms with Gasteiger partial charge in [-0.2, -0.15) is 0 Å². The maximum absolute atomic E-state index is 14.1. The molecule has 2 aliphatic rings. The third-order valence-electron chi connectivity index (χ3n) is 8.97. The summed E-state index contributed by atoms with van der Waals surface area (Å²) >= 11 is 6.16. The number of amides is 3. The fraction of sp³-hybridized carbons (Fsp3) is 0.545. The minimum absolute atomic E-state index is 0.0522. The van der Waals surface area contributed by atoms with Crippen LogP contribution in [0.1, 0.15) is 56.2 Å². The second-order valence-corrected chi connectivity index (χ2v) is 14.4. The third kappa shape index (κ3) is 9.74. The predicted molar refractivity (Wildman–Crippen MR) is 177 cm³/mol. The monoisotopic (exact) mass is 675 g/mol. The molecule has 4 atom stereocenters. The van der Waals surface area contributed by atoms with Gasteiger partial charge in [-0.05, 0) is 60.9 Å². The first-order chi connectivity index (χ1) is 22.0. The van der Waals surface area contributed by atoms with Gasteiger partial charge in [-0.25, -0.2) is 13.1 Å². The van der Waals surface area contributed by atoms with Crippen LogP contribution >= 0.6 is 11.6 Å². The number of carbonyl (C=O) groups is 3. The summed E-state index contributed by atoms with van der Waals surface area (Å²) in [5.74, 6) is -1.91. The molecule has 4 unspecified atom stereocenters. The Hall–Kier alpha value is -3.03. The van der Waals surface area contributed by atoms with Gasteiger partial charge in [-0.1, -0.05) is 54.9 Å². The molecule has 2 saturated heterocycles. The van der Waals surface area contributed by atoms with Crippen molar-refractivity contribution in [2.45, 2.75) is 70.5 Å². The van der Waals surface area contributed by atoms with Crippen LogP contribution in [0.25, 0.3) is 0 Å². The average Bonchev–Trinajstić information content (AvgIpc) is 3.54. The molecule has 252 valence electrons. The summed E-state index contributed by atoms with van der Waals surface area (Å²) in [5, 5.41) is 3.49. The van der Waals surface area contributed by atoms with Crippen LogP contribution in [-0.2, 0) is 48.0 Å². The van der Waals surface area contributed by atoms with Gasteiger partial charge in [-0.15, -0.1) is 0 Å². The Kier molecular flexibility index (Phi) is 13.0. The van der Waals surface area contributed by atoms with Crippen molar-refractivity contribution in [1.82, 2.24) is 19.8 Å². The van der Waals surface area contributed by atoms with Gasteiger partial charge in [0, 0.05) is 56.1 Å². The number of ether oxygens (including phenoxy) is 1. The second-order valence-electron chi connectivity index (χ2n) is 12.2. The number of sulfonamides is 1. The second kappa shape index (κ2) is 16.7. The van der Waals surface area contributed by atoms with Gasteiger partial charge >= 0.3 is 0 Å². The van der Waals surface area contributed by atoms with Crippen LogP contribution < -0.4 is 15.8 Å². The number of morpholine rings is 1.